The van der Waals surface area contributed by atoms with Crippen LogP contribution in [0.4, 0.5) is 4.79 Å². The van der Waals surface area contributed by atoms with Crippen molar-refractivity contribution in [3.05, 3.63) is 66.0 Å². The van der Waals surface area contributed by atoms with Crippen LogP contribution in [-0.4, -0.2) is 51.9 Å². The predicted octanol–water partition coefficient (Wildman–Crippen LogP) is 3.24. The van der Waals surface area contributed by atoms with Crippen molar-refractivity contribution in [2.45, 2.75) is 44.7 Å². The number of aryl methyl sites for hydroxylation is 1. The number of carbonyl (C=O) groups is 2. The van der Waals surface area contributed by atoms with Gasteiger partial charge in [-0.2, -0.15) is 0 Å². The van der Waals surface area contributed by atoms with E-state index in [0.29, 0.717) is 6.42 Å². The van der Waals surface area contributed by atoms with Gasteiger partial charge in [-0.15, -0.1) is 5.92 Å². The number of imide groups is 1. The molecule has 32 heavy (non-hydrogen) atoms. The number of amides is 3. The Hall–Kier alpha value is -3.17. The summed E-state index contributed by atoms with van der Waals surface area (Å²) in [5, 5.41) is 3.12. The monoisotopic (exact) mass is 430 g/mol. The Balaban J connectivity index is 1.50. The van der Waals surface area contributed by atoms with E-state index in [4.69, 9.17) is 0 Å². The summed E-state index contributed by atoms with van der Waals surface area (Å²) in [5.41, 5.74) is 1.37. The van der Waals surface area contributed by atoms with Crippen LogP contribution >= 0.6 is 0 Å². The van der Waals surface area contributed by atoms with E-state index >= 15 is 0 Å². The summed E-state index contributed by atoms with van der Waals surface area (Å²) in [5.74, 6) is 5.65. The van der Waals surface area contributed by atoms with Gasteiger partial charge < -0.3 is 5.32 Å². The minimum atomic E-state index is -0.862. The molecule has 1 aromatic heterocycles. The molecule has 0 spiro atoms. The summed E-state index contributed by atoms with van der Waals surface area (Å²) in [6.07, 6.45) is 4.89. The second-order valence-electron chi connectivity index (χ2n) is 8.58. The molecule has 0 bridgehead atoms. The zero-order valence-corrected chi connectivity index (χ0v) is 18.6. The molecule has 166 valence electrons. The fourth-order valence-electron chi connectivity index (χ4n) is 4.89. The molecule has 4 rings (SSSR count). The topological polar surface area (TPSA) is 65.5 Å². The van der Waals surface area contributed by atoms with E-state index in [9.17, 15) is 9.59 Å². The molecule has 2 aliphatic heterocycles. The number of hydrogen-bond acceptors (Lipinski definition) is 4. The Bertz CT molecular complexity index is 991. The smallest absolute Gasteiger partial charge is 0.323 e. The lowest BCUT2D eigenvalue weighted by atomic mass is 9.74. The van der Waals surface area contributed by atoms with Gasteiger partial charge in [0, 0.05) is 12.7 Å². The third-order valence-electron chi connectivity index (χ3n) is 6.66. The van der Waals surface area contributed by atoms with Gasteiger partial charge in [-0.1, -0.05) is 42.3 Å². The molecule has 2 saturated heterocycles. The number of rotatable bonds is 7. The number of hydrogen-bond donors (Lipinski definition) is 1. The SMILES string of the molecule is CC#CCN1C(=O)NC(CCc2ccccc2)(C2CCN(Cc3ccccn3)CC2)C1=O. The number of carbonyl (C=O) groups excluding carboxylic acids is 2. The Morgan fingerprint density at radius 1 is 1.09 bits per heavy atom. The lowest BCUT2D eigenvalue weighted by Gasteiger charge is -2.41. The van der Waals surface area contributed by atoms with E-state index in [0.717, 1.165) is 44.6 Å². The molecule has 0 saturated carbocycles. The first-order chi connectivity index (χ1) is 15.6. The summed E-state index contributed by atoms with van der Waals surface area (Å²) < 4.78 is 0. The van der Waals surface area contributed by atoms with Crippen LogP contribution in [0.5, 0.6) is 0 Å². The molecule has 1 atom stereocenters. The average Bonchev–Trinajstić information content (AvgIpc) is 3.08. The van der Waals surface area contributed by atoms with Crippen molar-refractivity contribution >= 4 is 11.9 Å². The maximum atomic E-state index is 13.6. The van der Waals surface area contributed by atoms with Crippen LogP contribution in [0.1, 0.15) is 37.4 Å². The zero-order valence-electron chi connectivity index (χ0n) is 18.6. The van der Waals surface area contributed by atoms with Gasteiger partial charge in [-0.25, -0.2) is 4.79 Å². The predicted molar refractivity (Wildman–Crippen MR) is 123 cm³/mol. The third kappa shape index (κ3) is 4.68. The first-order valence-corrected chi connectivity index (χ1v) is 11.3. The molecule has 6 heteroatoms. The molecule has 6 nitrogen and oxygen atoms in total. The Morgan fingerprint density at radius 3 is 2.53 bits per heavy atom. The van der Waals surface area contributed by atoms with Crippen LogP contribution in [0.15, 0.2) is 54.7 Å². The summed E-state index contributed by atoms with van der Waals surface area (Å²) in [7, 11) is 0. The number of urea groups is 1. The summed E-state index contributed by atoms with van der Waals surface area (Å²) in [4.78, 5) is 34.5. The number of aromatic nitrogens is 1. The van der Waals surface area contributed by atoms with E-state index in [2.05, 4.69) is 39.2 Å². The van der Waals surface area contributed by atoms with Crippen molar-refractivity contribution in [3.8, 4) is 11.8 Å². The maximum absolute atomic E-state index is 13.6. The van der Waals surface area contributed by atoms with Crippen molar-refractivity contribution < 1.29 is 9.59 Å². The van der Waals surface area contributed by atoms with Crippen LogP contribution in [0.3, 0.4) is 0 Å². The van der Waals surface area contributed by atoms with E-state index in [1.54, 1.807) is 6.92 Å². The summed E-state index contributed by atoms with van der Waals surface area (Å²) >= 11 is 0. The number of piperidine rings is 1. The zero-order chi connectivity index (χ0) is 22.4. The average molecular weight is 431 g/mol. The first kappa shape index (κ1) is 22.0. The van der Waals surface area contributed by atoms with Gasteiger partial charge >= 0.3 is 6.03 Å². The molecule has 1 unspecified atom stereocenters. The van der Waals surface area contributed by atoms with Gasteiger partial charge in [-0.05, 0) is 69.3 Å². The normalized spacial score (nSPS) is 21.8. The van der Waals surface area contributed by atoms with E-state index in [-0.39, 0.29) is 24.4 Å². The number of nitrogens with one attached hydrogen (secondary N) is 1. The highest BCUT2D eigenvalue weighted by molar-refractivity contribution is 6.07. The van der Waals surface area contributed by atoms with Gasteiger partial charge in [0.05, 0.1) is 12.2 Å². The molecule has 0 radical (unpaired) electrons. The molecule has 1 aromatic carbocycles. The minimum Gasteiger partial charge on any atom is -0.323 e. The second-order valence-corrected chi connectivity index (χ2v) is 8.58. The first-order valence-electron chi connectivity index (χ1n) is 11.3. The Morgan fingerprint density at radius 2 is 1.84 bits per heavy atom. The van der Waals surface area contributed by atoms with Crippen molar-refractivity contribution in [1.82, 2.24) is 20.1 Å². The van der Waals surface area contributed by atoms with E-state index < -0.39 is 5.54 Å². The molecule has 0 aliphatic carbocycles. The molecular formula is C26H30N4O2. The van der Waals surface area contributed by atoms with Gasteiger partial charge in [0.2, 0.25) is 0 Å². The summed E-state index contributed by atoms with van der Waals surface area (Å²) in [6.45, 7) is 4.44. The maximum Gasteiger partial charge on any atom is 0.325 e. The van der Waals surface area contributed by atoms with Gasteiger partial charge in [0.1, 0.15) is 5.54 Å². The standard InChI is InChI=1S/C26H30N4O2/c1-2-3-17-30-24(31)26(28-25(30)32,15-12-21-9-5-4-6-10-21)22-13-18-29(19-14-22)20-23-11-7-8-16-27-23/h4-11,16,22H,12-15,17-20H2,1H3,(H,28,32). The fourth-order valence-corrected chi connectivity index (χ4v) is 4.89. The van der Waals surface area contributed by atoms with Crippen molar-refractivity contribution in [1.29, 1.82) is 0 Å². The number of nitrogens with zero attached hydrogens (tertiary/aromatic N) is 3. The van der Waals surface area contributed by atoms with Gasteiger partial charge in [0.25, 0.3) is 5.91 Å². The van der Waals surface area contributed by atoms with E-state index in [1.807, 2.05) is 42.6 Å². The van der Waals surface area contributed by atoms with Crippen molar-refractivity contribution in [2.24, 2.45) is 5.92 Å². The van der Waals surface area contributed by atoms with Crippen molar-refractivity contribution in [2.75, 3.05) is 19.6 Å². The largest absolute Gasteiger partial charge is 0.325 e. The van der Waals surface area contributed by atoms with Crippen molar-refractivity contribution in [3.63, 3.8) is 0 Å². The van der Waals surface area contributed by atoms with Crippen LogP contribution < -0.4 is 5.32 Å². The lowest BCUT2D eigenvalue weighted by Crippen LogP contribution is -2.56. The van der Waals surface area contributed by atoms with Crippen LogP contribution in [-0.2, 0) is 17.8 Å². The minimum absolute atomic E-state index is 0.0993. The van der Waals surface area contributed by atoms with Crippen LogP contribution in [0.2, 0.25) is 0 Å². The van der Waals surface area contributed by atoms with Gasteiger partial charge in [0.15, 0.2) is 0 Å². The number of pyridine rings is 1. The highest BCUT2D eigenvalue weighted by Gasteiger charge is 2.55. The second kappa shape index (κ2) is 9.97. The number of benzene rings is 1. The molecule has 3 amide bonds. The third-order valence-corrected chi connectivity index (χ3v) is 6.66. The quantitative estimate of drug-likeness (QED) is 0.541. The van der Waals surface area contributed by atoms with Crippen LogP contribution in [0, 0.1) is 17.8 Å². The van der Waals surface area contributed by atoms with E-state index in [1.165, 1.54) is 10.5 Å². The molecule has 1 N–H and O–H groups in total. The highest BCUT2D eigenvalue weighted by atomic mass is 16.2. The Kier molecular flexibility index (Phi) is 6.87. The fraction of sp³-hybridized carbons (Fsp3) is 0.423. The molecular weight excluding hydrogens is 400 g/mol. The summed E-state index contributed by atoms with van der Waals surface area (Å²) in [6, 6.07) is 15.8. The molecule has 2 aromatic rings. The molecule has 3 heterocycles. The number of likely N-dealkylation sites (tertiary alicyclic amines) is 1. The van der Waals surface area contributed by atoms with Crippen LogP contribution in [0.25, 0.3) is 0 Å². The van der Waals surface area contributed by atoms with Gasteiger partial charge in [-0.3, -0.25) is 19.6 Å². The molecule has 2 aliphatic rings. The molecule has 2 fully saturated rings. The lowest BCUT2D eigenvalue weighted by molar-refractivity contribution is -0.134. The highest BCUT2D eigenvalue weighted by Crippen LogP contribution is 2.37. The Labute approximate surface area is 190 Å².